The van der Waals surface area contributed by atoms with Crippen molar-refractivity contribution in [2.24, 2.45) is 5.73 Å². The maximum atomic E-state index is 11.7. The van der Waals surface area contributed by atoms with Gasteiger partial charge in [0.15, 0.2) is 0 Å². The molecule has 0 bridgehead atoms. The number of ether oxygens (including phenoxy) is 2. The fraction of sp³-hybridized carbons (Fsp3) is 1.00. The van der Waals surface area contributed by atoms with Crippen LogP contribution in [0.15, 0.2) is 0 Å². The first-order valence-electron chi connectivity index (χ1n) is 4.92. The summed E-state index contributed by atoms with van der Waals surface area (Å²) in [6.07, 6.45) is -2.44. The van der Waals surface area contributed by atoms with Gasteiger partial charge in [0, 0.05) is 25.4 Å². The van der Waals surface area contributed by atoms with Crippen LogP contribution in [-0.4, -0.2) is 38.1 Å². The number of hydrogen-bond acceptors (Lipinski definition) is 3. The Morgan fingerprint density at radius 3 is 2.40 bits per heavy atom. The molecule has 0 atom stereocenters. The number of nitrogens with two attached hydrogens (primary N) is 1. The van der Waals surface area contributed by atoms with E-state index in [2.05, 4.69) is 4.74 Å². The van der Waals surface area contributed by atoms with Crippen LogP contribution < -0.4 is 5.73 Å². The molecule has 3 nitrogen and oxygen atoms in total. The van der Waals surface area contributed by atoms with Gasteiger partial charge in [0.1, 0.15) is 6.61 Å². The van der Waals surface area contributed by atoms with Crippen molar-refractivity contribution >= 4 is 0 Å². The predicted octanol–water partition coefficient (Wildman–Crippen LogP) is 1.46. The molecule has 0 aromatic carbocycles. The minimum atomic E-state index is -4.25. The zero-order chi connectivity index (χ0) is 11.4. The lowest BCUT2D eigenvalue weighted by Crippen LogP contribution is -2.46. The second-order valence-corrected chi connectivity index (χ2v) is 3.89. The average Bonchev–Trinajstić information content (AvgIpc) is 2.12. The lowest BCUT2D eigenvalue weighted by atomic mass is 9.88. The molecule has 0 aromatic heterocycles. The Morgan fingerprint density at radius 1 is 1.27 bits per heavy atom. The quantitative estimate of drug-likeness (QED) is 0.739. The second-order valence-electron chi connectivity index (χ2n) is 3.89. The van der Waals surface area contributed by atoms with Crippen LogP contribution in [0.1, 0.15) is 19.3 Å². The molecule has 90 valence electrons. The fourth-order valence-electron chi connectivity index (χ4n) is 1.49. The summed E-state index contributed by atoms with van der Waals surface area (Å²) in [6, 6.07) is 0. The van der Waals surface area contributed by atoms with Gasteiger partial charge in [0.25, 0.3) is 0 Å². The first kappa shape index (κ1) is 12.7. The molecule has 0 radical (unpaired) electrons. The Balaban J connectivity index is 2.13. The van der Waals surface area contributed by atoms with Crippen molar-refractivity contribution in [1.29, 1.82) is 0 Å². The van der Waals surface area contributed by atoms with Crippen LogP contribution in [0.5, 0.6) is 0 Å². The van der Waals surface area contributed by atoms with Gasteiger partial charge in [-0.2, -0.15) is 13.2 Å². The number of hydrogen-bond donors (Lipinski definition) is 1. The summed E-state index contributed by atoms with van der Waals surface area (Å²) in [7, 11) is 0. The van der Waals surface area contributed by atoms with Crippen LogP contribution in [0.3, 0.4) is 0 Å². The van der Waals surface area contributed by atoms with E-state index in [1.807, 2.05) is 0 Å². The highest BCUT2D eigenvalue weighted by Crippen LogP contribution is 2.22. The Bertz CT molecular complexity index is 190. The minimum absolute atomic E-state index is 0.0516. The SMILES string of the molecule is NC1(CCOCC(F)(F)F)CCOCC1. The molecule has 1 rings (SSSR count). The molecule has 0 aromatic rings. The van der Waals surface area contributed by atoms with Gasteiger partial charge in [-0.3, -0.25) is 0 Å². The largest absolute Gasteiger partial charge is 0.411 e. The molecule has 0 amide bonds. The highest BCUT2D eigenvalue weighted by Gasteiger charge is 2.30. The van der Waals surface area contributed by atoms with Crippen LogP contribution in [0.4, 0.5) is 13.2 Å². The smallest absolute Gasteiger partial charge is 0.381 e. The standard InChI is InChI=1S/C9H16F3NO2/c10-9(11,12)7-15-6-3-8(13)1-4-14-5-2-8/h1-7,13H2. The van der Waals surface area contributed by atoms with Crippen LogP contribution in [0.2, 0.25) is 0 Å². The maximum absolute atomic E-state index is 11.7. The van der Waals surface area contributed by atoms with Crippen LogP contribution in [0.25, 0.3) is 0 Å². The van der Waals surface area contributed by atoms with Gasteiger partial charge >= 0.3 is 6.18 Å². The van der Waals surface area contributed by atoms with Crippen molar-refractivity contribution in [1.82, 2.24) is 0 Å². The summed E-state index contributed by atoms with van der Waals surface area (Å²) in [5.41, 5.74) is 5.55. The van der Waals surface area contributed by atoms with Gasteiger partial charge in [0.2, 0.25) is 0 Å². The van der Waals surface area contributed by atoms with E-state index in [0.29, 0.717) is 32.5 Å². The van der Waals surface area contributed by atoms with Crippen molar-refractivity contribution in [2.75, 3.05) is 26.4 Å². The van der Waals surface area contributed by atoms with E-state index in [4.69, 9.17) is 10.5 Å². The van der Waals surface area contributed by atoms with Crippen molar-refractivity contribution in [3.8, 4) is 0 Å². The summed E-state index contributed by atoms with van der Waals surface area (Å²) in [5, 5.41) is 0. The molecule has 1 saturated heterocycles. The van der Waals surface area contributed by atoms with Crippen molar-refractivity contribution in [3.05, 3.63) is 0 Å². The van der Waals surface area contributed by atoms with Gasteiger partial charge in [-0.1, -0.05) is 0 Å². The third-order valence-corrected chi connectivity index (χ3v) is 2.50. The van der Waals surface area contributed by atoms with Crippen molar-refractivity contribution in [3.63, 3.8) is 0 Å². The van der Waals surface area contributed by atoms with E-state index in [-0.39, 0.29) is 6.61 Å². The van der Waals surface area contributed by atoms with E-state index in [0.717, 1.165) is 0 Å². The Labute approximate surface area is 86.7 Å². The molecule has 2 N–H and O–H groups in total. The molecule has 1 aliphatic rings. The molecule has 1 fully saturated rings. The third kappa shape index (κ3) is 5.34. The maximum Gasteiger partial charge on any atom is 0.411 e. The van der Waals surface area contributed by atoms with Crippen LogP contribution >= 0.6 is 0 Å². The molecule has 0 aliphatic carbocycles. The predicted molar refractivity (Wildman–Crippen MR) is 48.5 cm³/mol. The molecule has 15 heavy (non-hydrogen) atoms. The summed E-state index contributed by atoms with van der Waals surface area (Å²) < 4.78 is 44.9. The Hall–Kier alpha value is -0.330. The van der Waals surface area contributed by atoms with E-state index < -0.39 is 18.3 Å². The molecule has 0 saturated carbocycles. The Kier molecular flexibility index (Phi) is 4.36. The third-order valence-electron chi connectivity index (χ3n) is 2.50. The second kappa shape index (κ2) is 5.14. The van der Waals surface area contributed by atoms with E-state index in [1.165, 1.54) is 0 Å². The molecule has 1 aliphatic heterocycles. The van der Waals surface area contributed by atoms with Gasteiger partial charge in [-0.15, -0.1) is 0 Å². The van der Waals surface area contributed by atoms with Crippen molar-refractivity contribution in [2.45, 2.75) is 31.0 Å². The molecular weight excluding hydrogens is 211 g/mol. The highest BCUT2D eigenvalue weighted by molar-refractivity contribution is 4.86. The monoisotopic (exact) mass is 227 g/mol. The zero-order valence-corrected chi connectivity index (χ0v) is 8.48. The van der Waals surface area contributed by atoms with Crippen molar-refractivity contribution < 1.29 is 22.6 Å². The Morgan fingerprint density at radius 2 is 1.87 bits per heavy atom. The molecule has 6 heteroatoms. The average molecular weight is 227 g/mol. The first-order valence-corrected chi connectivity index (χ1v) is 4.92. The van der Waals surface area contributed by atoms with Gasteiger partial charge < -0.3 is 15.2 Å². The summed E-state index contributed by atoms with van der Waals surface area (Å²) in [4.78, 5) is 0. The normalized spacial score (nSPS) is 21.6. The molecule has 0 spiro atoms. The van der Waals surface area contributed by atoms with E-state index in [1.54, 1.807) is 0 Å². The number of rotatable bonds is 4. The van der Waals surface area contributed by atoms with Gasteiger partial charge in [0.05, 0.1) is 0 Å². The van der Waals surface area contributed by atoms with E-state index >= 15 is 0 Å². The van der Waals surface area contributed by atoms with Crippen LogP contribution in [0, 0.1) is 0 Å². The summed E-state index contributed by atoms with van der Waals surface area (Å²) >= 11 is 0. The van der Waals surface area contributed by atoms with Gasteiger partial charge in [-0.25, -0.2) is 0 Å². The number of alkyl halides is 3. The lowest BCUT2D eigenvalue weighted by Gasteiger charge is -2.33. The fourth-order valence-corrected chi connectivity index (χ4v) is 1.49. The van der Waals surface area contributed by atoms with Crippen LogP contribution in [-0.2, 0) is 9.47 Å². The first-order chi connectivity index (χ1) is 6.91. The summed E-state index contributed by atoms with van der Waals surface area (Å²) in [5.74, 6) is 0. The minimum Gasteiger partial charge on any atom is -0.381 e. The molecular formula is C9H16F3NO2. The zero-order valence-electron chi connectivity index (χ0n) is 8.48. The lowest BCUT2D eigenvalue weighted by molar-refractivity contribution is -0.175. The topological polar surface area (TPSA) is 44.5 Å². The molecule has 0 unspecified atom stereocenters. The highest BCUT2D eigenvalue weighted by atomic mass is 19.4. The number of halogens is 3. The van der Waals surface area contributed by atoms with Gasteiger partial charge in [-0.05, 0) is 19.3 Å². The molecule has 1 heterocycles. The summed E-state index contributed by atoms with van der Waals surface area (Å²) in [6.45, 7) is 0.0150. The van der Waals surface area contributed by atoms with E-state index in [9.17, 15) is 13.2 Å².